The number of pyridine rings is 1. The molecule has 0 saturated carbocycles. The summed E-state index contributed by atoms with van der Waals surface area (Å²) in [7, 11) is 0. The van der Waals surface area contributed by atoms with Gasteiger partial charge in [-0.05, 0) is 82.7 Å². The van der Waals surface area contributed by atoms with E-state index in [1.165, 1.54) is 12.0 Å². The molecule has 0 amide bonds. The summed E-state index contributed by atoms with van der Waals surface area (Å²) < 4.78 is 12.0. The van der Waals surface area contributed by atoms with E-state index >= 15 is 0 Å². The number of ether oxygens (including phenoxy) is 2. The van der Waals surface area contributed by atoms with Crippen LogP contribution < -0.4 is 4.74 Å². The summed E-state index contributed by atoms with van der Waals surface area (Å²) in [6.07, 6.45) is 5.07. The van der Waals surface area contributed by atoms with Gasteiger partial charge in [0.1, 0.15) is 5.75 Å². The van der Waals surface area contributed by atoms with Gasteiger partial charge in [0.15, 0.2) is 0 Å². The van der Waals surface area contributed by atoms with Gasteiger partial charge in [0, 0.05) is 22.7 Å². The molecule has 4 heteroatoms. The lowest BCUT2D eigenvalue weighted by Crippen LogP contribution is -2.17. The van der Waals surface area contributed by atoms with E-state index in [1.807, 2.05) is 50.4 Å². The number of aryl methyl sites for hydroxylation is 1. The summed E-state index contributed by atoms with van der Waals surface area (Å²) in [5.74, 6) is 1.60. The maximum Gasteiger partial charge on any atom is 0.138 e. The molecule has 0 fully saturated rings. The first-order valence-electron chi connectivity index (χ1n) is 14.4. The molecule has 0 aliphatic heterocycles. The van der Waals surface area contributed by atoms with Crippen LogP contribution in [0.15, 0.2) is 72.9 Å². The Kier molecular flexibility index (Phi) is 11.3. The predicted molar refractivity (Wildman–Crippen MR) is 168 cm³/mol. The third-order valence-electron chi connectivity index (χ3n) is 6.73. The highest BCUT2D eigenvalue weighted by Gasteiger charge is 2.16. The molecule has 4 rings (SSSR count). The molecule has 2 atom stereocenters. The van der Waals surface area contributed by atoms with Gasteiger partial charge in [-0.25, -0.2) is 0 Å². The maximum absolute atomic E-state index is 9.07. The van der Waals surface area contributed by atoms with Crippen LogP contribution >= 0.6 is 0 Å². The summed E-state index contributed by atoms with van der Waals surface area (Å²) in [6.45, 7) is 17.1. The standard InChI is InChI=1S/C26H22N2O.C10H22O/c1-17(2)29-26-23-6-4-5-22(20-13-9-19(15-27)10-14-20)25(23)28-16-24(26)21-11-7-18(3)8-12-21;1-6-9(4)11-10(5)7-8(2)3/h4-14,16-17H,1-3H3;8-10H,6-7H2,1-5H3. The normalized spacial score (nSPS) is 12.5. The SMILES string of the molecule is CCC(C)OC(C)CC(C)C.Cc1ccc(-c2cnc3c(-c4ccc(C#N)cc4)cccc3c2OC(C)C)cc1. The van der Waals surface area contributed by atoms with E-state index in [1.54, 1.807) is 0 Å². The Hall–Kier alpha value is -3.68. The Bertz CT molecular complexity index is 1400. The molecule has 2 unspecified atom stereocenters. The van der Waals surface area contributed by atoms with Crippen LogP contribution in [0.25, 0.3) is 33.2 Å². The number of nitrogens with zero attached hydrogens (tertiary/aromatic N) is 2. The van der Waals surface area contributed by atoms with Gasteiger partial charge in [-0.3, -0.25) is 4.98 Å². The van der Waals surface area contributed by atoms with E-state index < -0.39 is 0 Å². The highest BCUT2D eigenvalue weighted by atomic mass is 16.5. The number of para-hydroxylation sites is 1. The van der Waals surface area contributed by atoms with E-state index in [0.29, 0.717) is 17.8 Å². The molecule has 0 spiro atoms. The topological polar surface area (TPSA) is 55.1 Å². The van der Waals surface area contributed by atoms with Crippen molar-refractivity contribution >= 4 is 10.9 Å². The lowest BCUT2D eigenvalue weighted by molar-refractivity contribution is -0.00337. The summed E-state index contributed by atoms with van der Waals surface area (Å²) in [5.41, 5.74) is 6.89. The molecule has 0 N–H and O–H groups in total. The van der Waals surface area contributed by atoms with Gasteiger partial charge in [-0.2, -0.15) is 5.26 Å². The molecule has 0 bridgehead atoms. The van der Waals surface area contributed by atoms with Gasteiger partial charge in [0.05, 0.1) is 35.5 Å². The molecule has 210 valence electrons. The van der Waals surface area contributed by atoms with Crippen LogP contribution in [-0.2, 0) is 4.74 Å². The fourth-order valence-corrected chi connectivity index (χ4v) is 4.67. The number of hydrogen-bond donors (Lipinski definition) is 0. The Balaban J connectivity index is 0.000000342. The molecule has 4 aromatic rings. The second-order valence-electron chi connectivity index (χ2n) is 11.2. The van der Waals surface area contributed by atoms with E-state index in [0.717, 1.165) is 51.2 Å². The highest BCUT2D eigenvalue weighted by Crippen LogP contribution is 2.39. The third kappa shape index (κ3) is 8.41. The van der Waals surface area contributed by atoms with Gasteiger partial charge in [0.2, 0.25) is 0 Å². The van der Waals surface area contributed by atoms with Gasteiger partial charge >= 0.3 is 0 Å². The van der Waals surface area contributed by atoms with E-state index in [-0.39, 0.29) is 6.10 Å². The summed E-state index contributed by atoms with van der Waals surface area (Å²) in [5, 5.41) is 10.1. The maximum atomic E-state index is 9.07. The fourth-order valence-electron chi connectivity index (χ4n) is 4.67. The lowest BCUT2D eigenvalue weighted by Gasteiger charge is -2.19. The number of aromatic nitrogens is 1. The molecule has 0 aliphatic carbocycles. The number of benzene rings is 3. The largest absolute Gasteiger partial charge is 0.490 e. The molecule has 4 nitrogen and oxygen atoms in total. The first-order valence-corrected chi connectivity index (χ1v) is 14.4. The van der Waals surface area contributed by atoms with Gasteiger partial charge in [-0.1, -0.05) is 74.9 Å². The van der Waals surface area contributed by atoms with Gasteiger partial charge in [0.25, 0.3) is 0 Å². The lowest BCUT2D eigenvalue weighted by atomic mass is 9.97. The quantitative estimate of drug-likeness (QED) is 0.214. The van der Waals surface area contributed by atoms with Crippen LogP contribution in [0.5, 0.6) is 5.75 Å². The van der Waals surface area contributed by atoms with Gasteiger partial charge in [-0.15, -0.1) is 0 Å². The van der Waals surface area contributed by atoms with Crippen LogP contribution in [0.4, 0.5) is 0 Å². The van der Waals surface area contributed by atoms with Crippen LogP contribution in [0, 0.1) is 24.2 Å². The second-order valence-corrected chi connectivity index (χ2v) is 11.2. The van der Waals surface area contributed by atoms with Crippen molar-refractivity contribution in [2.45, 2.75) is 86.5 Å². The fraction of sp³-hybridized carbons (Fsp3) is 0.389. The minimum absolute atomic E-state index is 0.0448. The average Bonchev–Trinajstić information content (AvgIpc) is 2.93. The molecule has 0 radical (unpaired) electrons. The summed E-state index contributed by atoms with van der Waals surface area (Å²) in [4.78, 5) is 4.82. The first kappa shape index (κ1) is 30.9. The Morgan fingerprint density at radius 3 is 2.00 bits per heavy atom. The Morgan fingerprint density at radius 2 is 1.43 bits per heavy atom. The monoisotopic (exact) mass is 536 g/mol. The van der Waals surface area contributed by atoms with Crippen molar-refractivity contribution in [3.05, 3.63) is 84.1 Å². The zero-order valence-corrected chi connectivity index (χ0v) is 25.4. The smallest absolute Gasteiger partial charge is 0.138 e. The molecule has 0 aliphatic rings. The summed E-state index contributed by atoms with van der Waals surface area (Å²) in [6, 6.07) is 24.3. The number of hydrogen-bond acceptors (Lipinski definition) is 4. The number of fused-ring (bicyclic) bond motifs is 1. The van der Waals surface area contributed by atoms with Crippen molar-refractivity contribution in [1.82, 2.24) is 4.98 Å². The van der Waals surface area contributed by atoms with Crippen LogP contribution in [-0.4, -0.2) is 23.3 Å². The van der Waals surface area contributed by atoms with Crippen LogP contribution in [0.3, 0.4) is 0 Å². The van der Waals surface area contributed by atoms with Crippen molar-refractivity contribution in [2.75, 3.05) is 0 Å². The molecular formula is C36H44N2O2. The molecule has 40 heavy (non-hydrogen) atoms. The van der Waals surface area contributed by atoms with Crippen molar-refractivity contribution in [3.8, 4) is 34.1 Å². The average molecular weight is 537 g/mol. The van der Waals surface area contributed by atoms with Crippen molar-refractivity contribution in [3.63, 3.8) is 0 Å². The first-order chi connectivity index (χ1) is 19.1. The molecular weight excluding hydrogens is 492 g/mol. The molecule has 0 saturated heterocycles. The van der Waals surface area contributed by atoms with Crippen molar-refractivity contribution in [2.24, 2.45) is 5.92 Å². The number of nitriles is 1. The van der Waals surface area contributed by atoms with Crippen LogP contribution in [0.1, 0.15) is 72.4 Å². The minimum Gasteiger partial charge on any atom is -0.490 e. The van der Waals surface area contributed by atoms with E-state index in [4.69, 9.17) is 19.7 Å². The number of rotatable bonds is 9. The Morgan fingerprint density at radius 1 is 0.800 bits per heavy atom. The third-order valence-corrected chi connectivity index (χ3v) is 6.73. The van der Waals surface area contributed by atoms with Crippen molar-refractivity contribution < 1.29 is 9.47 Å². The highest BCUT2D eigenvalue weighted by molar-refractivity contribution is 6.00. The van der Waals surface area contributed by atoms with Crippen molar-refractivity contribution in [1.29, 1.82) is 5.26 Å². The predicted octanol–water partition coefficient (Wildman–Crippen LogP) is 9.77. The zero-order chi connectivity index (χ0) is 29.2. The van der Waals surface area contributed by atoms with E-state index in [9.17, 15) is 0 Å². The zero-order valence-electron chi connectivity index (χ0n) is 25.4. The van der Waals surface area contributed by atoms with Crippen LogP contribution in [0.2, 0.25) is 0 Å². The van der Waals surface area contributed by atoms with E-state index in [2.05, 4.69) is 84.0 Å². The summed E-state index contributed by atoms with van der Waals surface area (Å²) >= 11 is 0. The Labute approximate surface area is 241 Å². The van der Waals surface area contributed by atoms with Gasteiger partial charge < -0.3 is 9.47 Å². The molecule has 1 aromatic heterocycles. The second kappa shape index (κ2) is 14.6. The minimum atomic E-state index is 0.0448. The molecule has 3 aromatic carbocycles. The molecule has 1 heterocycles.